The molecule has 0 unspecified atom stereocenters. The summed E-state index contributed by atoms with van der Waals surface area (Å²) in [7, 11) is 0. The maximum absolute atomic E-state index is 11.0. The van der Waals surface area contributed by atoms with Gasteiger partial charge in [0.25, 0.3) is 16.7 Å². The van der Waals surface area contributed by atoms with Gasteiger partial charge in [0.2, 0.25) is 0 Å². The summed E-state index contributed by atoms with van der Waals surface area (Å²) in [5, 5.41) is 3.88. The second-order valence-corrected chi connectivity index (χ2v) is 7.36. The fourth-order valence-corrected chi connectivity index (χ4v) is 2.37. The molecule has 30 heavy (non-hydrogen) atoms. The Morgan fingerprint density at radius 3 is 1.67 bits per heavy atom. The number of pyridine rings is 1. The van der Waals surface area contributed by atoms with Gasteiger partial charge in [-0.05, 0) is 53.7 Å². The molecule has 0 aliphatic heterocycles. The molecular weight excluding hydrogens is 382 g/mol. The zero-order valence-corrected chi connectivity index (χ0v) is 18.5. The van der Waals surface area contributed by atoms with E-state index < -0.39 is 0 Å². The predicted octanol–water partition coefficient (Wildman–Crippen LogP) is 3.08. The summed E-state index contributed by atoms with van der Waals surface area (Å²) in [6.07, 6.45) is 6.46. The second kappa shape index (κ2) is 12.3. The summed E-state index contributed by atoms with van der Waals surface area (Å²) in [5.74, 6) is 0. The van der Waals surface area contributed by atoms with Crippen LogP contribution in [0, 0.1) is 0 Å². The summed E-state index contributed by atoms with van der Waals surface area (Å²) in [4.78, 5) is 36.8. The van der Waals surface area contributed by atoms with Crippen molar-refractivity contribution in [2.24, 2.45) is 0 Å². The van der Waals surface area contributed by atoms with Crippen LogP contribution in [0.2, 0.25) is 0 Å². The Kier molecular flexibility index (Phi) is 10.2. The van der Waals surface area contributed by atoms with E-state index in [1.54, 1.807) is 46.1 Å². The minimum atomic E-state index is -0.0440. The third-order valence-electron chi connectivity index (χ3n) is 3.94. The monoisotopic (exact) mass is 413 g/mol. The van der Waals surface area contributed by atoms with Gasteiger partial charge in [0.05, 0.1) is 12.4 Å². The van der Waals surface area contributed by atoms with Crippen LogP contribution < -0.4 is 16.7 Å². The van der Waals surface area contributed by atoms with Crippen molar-refractivity contribution >= 4 is 0 Å². The van der Waals surface area contributed by atoms with Gasteiger partial charge < -0.3 is 4.57 Å². The summed E-state index contributed by atoms with van der Waals surface area (Å²) < 4.78 is 4.72. The Bertz CT molecular complexity index is 928. The Morgan fingerprint density at radius 1 is 0.667 bits per heavy atom. The average Bonchev–Trinajstić information content (AvgIpc) is 2.69. The quantitative estimate of drug-likeness (QED) is 0.658. The van der Waals surface area contributed by atoms with E-state index in [9.17, 15) is 14.4 Å². The van der Waals surface area contributed by atoms with Gasteiger partial charge in [-0.1, -0.05) is 6.07 Å². The van der Waals surface area contributed by atoms with Crippen molar-refractivity contribution in [3.05, 3.63) is 92.4 Å². The Balaban J connectivity index is 0.000000225. The first kappa shape index (κ1) is 24.7. The third kappa shape index (κ3) is 7.98. The Labute approximate surface area is 176 Å². The van der Waals surface area contributed by atoms with E-state index in [1.807, 2.05) is 47.6 Å². The molecule has 0 aromatic carbocycles. The van der Waals surface area contributed by atoms with Crippen LogP contribution in [-0.4, -0.2) is 23.9 Å². The van der Waals surface area contributed by atoms with Crippen LogP contribution in [0.4, 0.5) is 0 Å². The van der Waals surface area contributed by atoms with Gasteiger partial charge in [0, 0.05) is 48.9 Å². The van der Waals surface area contributed by atoms with Crippen molar-refractivity contribution in [1.82, 2.24) is 23.9 Å². The highest BCUT2D eigenvalue weighted by atomic mass is 16.1. The molecule has 0 saturated carbocycles. The minimum Gasteiger partial charge on any atom is -0.313 e. The van der Waals surface area contributed by atoms with Gasteiger partial charge >= 0.3 is 0 Å². The molecule has 3 rings (SSSR count). The van der Waals surface area contributed by atoms with Crippen molar-refractivity contribution in [3.63, 3.8) is 0 Å². The fraction of sp³-hybridized carbons (Fsp3) is 0.409. The molecule has 0 amide bonds. The lowest BCUT2D eigenvalue weighted by Crippen LogP contribution is -2.22. The van der Waals surface area contributed by atoms with E-state index in [-0.39, 0.29) is 34.8 Å². The van der Waals surface area contributed by atoms with Crippen LogP contribution >= 0.6 is 0 Å². The van der Waals surface area contributed by atoms with Crippen LogP contribution in [0.15, 0.2) is 75.7 Å². The normalized spacial score (nSPS) is 10.3. The summed E-state index contributed by atoms with van der Waals surface area (Å²) in [6.45, 7) is 11.7. The molecule has 0 N–H and O–H groups in total. The zero-order chi connectivity index (χ0) is 22.7. The lowest BCUT2D eigenvalue weighted by Gasteiger charge is -2.06. The Hall–Kier alpha value is -3.29. The standard InChI is InChI=1S/C8H11NO.2C7H10N2O/c1-7(2)9-6-4-3-5-8(9)10;1-6(2)9-5-8-4-3-7(9)10;1-6(2)9-7(10)4-3-5-8-9/h3-7H,1-2H3;2*3-6H,1-2H3. The van der Waals surface area contributed by atoms with Crippen molar-refractivity contribution < 1.29 is 0 Å². The number of rotatable bonds is 3. The fourth-order valence-electron chi connectivity index (χ4n) is 2.37. The van der Waals surface area contributed by atoms with Gasteiger partial charge in [-0.2, -0.15) is 5.10 Å². The summed E-state index contributed by atoms with van der Waals surface area (Å²) in [5.41, 5.74) is 0.0278. The van der Waals surface area contributed by atoms with Gasteiger partial charge in [-0.15, -0.1) is 0 Å². The molecule has 3 heterocycles. The van der Waals surface area contributed by atoms with E-state index in [4.69, 9.17) is 0 Å². The SMILES string of the molecule is CC(C)n1ccccc1=O.CC(C)n1cnccc1=O.CC(C)n1ncccc1=O. The largest absolute Gasteiger partial charge is 0.313 e. The van der Waals surface area contributed by atoms with Crippen molar-refractivity contribution in [3.8, 4) is 0 Å². The molecule has 8 nitrogen and oxygen atoms in total. The van der Waals surface area contributed by atoms with Crippen molar-refractivity contribution in [2.75, 3.05) is 0 Å². The maximum atomic E-state index is 11.0. The molecule has 0 bridgehead atoms. The Morgan fingerprint density at radius 2 is 1.27 bits per heavy atom. The molecule has 3 aromatic rings. The molecule has 0 fully saturated rings. The number of nitrogens with zero attached hydrogens (tertiary/aromatic N) is 5. The second-order valence-electron chi connectivity index (χ2n) is 7.36. The molecule has 0 aliphatic rings. The van der Waals surface area contributed by atoms with E-state index in [2.05, 4.69) is 10.1 Å². The summed E-state index contributed by atoms with van der Waals surface area (Å²) >= 11 is 0. The smallest absolute Gasteiger partial charge is 0.266 e. The number of hydrogen-bond donors (Lipinski definition) is 0. The van der Waals surface area contributed by atoms with Gasteiger partial charge in [0.15, 0.2) is 0 Å². The van der Waals surface area contributed by atoms with E-state index in [0.29, 0.717) is 0 Å². The molecule has 0 aliphatic carbocycles. The van der Waals surface area contributed by atoms with E-state index >= 15 is 0 Å². The predicted molar refractivity (Wildman–Crippen MR) is 119 cm³/mol. The molecule has 8 heteroatoms. The average molecular weight is 414 g/mol. The first-order valence-corrected chi connectivity index (χ1v) is 9.88. The molecule has 0 atom stereocenters. The third-order valence-corrected chi connectivity index (χ3v) is 3.94. The summed E-state index contributed by atoms with van der Waals surface area (Å²) in [6, 6.07) is 10.4. The number of aromatic nitrogens is 5. The maximum Gasteiger partial charge on any atom is 0.266 e. The van der Waals surface area contributed by atoms with Gasteiger partial charge in [-0.25, -0.2) is 9.67 Å². The molecule has 0 saturated heterocycles. The van der Waals surface area contributed by atoms with E-state index in [0.717, 1.165) is 0 Å². The van der Waals surface area contributed by atoms with Crippen LogP contribution in [0.1, 0.15) is 59.7 Å². The first-order chi connectivity index (χ1) is 14.1. The lowest BCUT2D eigenvalue weighted by atomic mass is 10.3. The molecular formula is C22H31N5O3. The molecule has 162 valence electrons. The van der Waals surface area contributed by atoms with Crippen LogP contribution in [0.5, 0.6) is 0 Å². The molecule has 0 radical (unpaired) electrons. The molecule has 3 aromatic heterocycles. The van der Waals surface area contributed by atoms with E-state index in [1.165, 1.54) is 23.0 Å². The first-order valence-electron chi connectivity index (χ1n) is 9.88. The topological polar surface area (TPSA) is 91.8 Å². The molecule has 0 spiro atoms. The highest BCUT2D eigenvalue weighted by Gasteiger charge is 1.98. The number of hydrogen-bond acceptors (Lipinski definition) is 5. The zero-order valence-electron chi connectivity index (χ0n) is 18.5. The van der Waals surface area contributed by atoms with Crippen LogP contribution in [0.3, 0.4) is 0 Å². The minimum absolute atomic E-state index is 0.00463. The van der Waals surface area contributed by atoms with Gasteiger partial charge in [0.1, 0.15) is 0 Å². The van der Waals surface area contributed by atoms with Crippen molar-refractivity contribution in [1.29, 1.82) is 0 Å². The highest BCUT2D eigenvalue weighted by Crippen LogP contribution is 1.97. The van der Waals surface area contributed by atoms with Gasteiger partial charge in [-0.3, -0.25) is 19.0 Å². The van der Waals surface area contributed by atoms with Crippen LogP contribution in [-0.2, 0) is 0 Å². The highest BCUT2D eigenvalue weighted by molar-refractivity contribution is 4.94. The van der Waals surface area contributed by atoms with Crippen LogP contribution in [0.25, 0.3) is 0 Å². The van der Waals surface area contributed by atoms with Crippen molar-refractivity contribution in [2.45, 2.75) is 59.7 Å². The lowest BCUT2D eigenvalue weighted by molar-refractivity contribution is 0.502.